The van der Waals surface area contributed by atoms with Crippen molar-refractivity contribution in [3.05, 3.63) is 78.1 Å². The fourth-order valence-corrected chi connectivity index (χ4v) is 8.37. The molecule has 2 aromatic heterocycles. The van der Waals surface area contributed by atoms with E-state index in [4.69, 9.17) is 14.2 Å². The maximum absolute atomic E-state index is 15.7. The molecule has 0 radical (unpaired) electrons. The number of pyridine rings is 1. The van der Waals surface area contributed by atoms with Gasteiger partial charge < -0.3 is 54.4 Å². The van der Waals surface area contributed by atoms with E-state index in [2.05, 4.69) is 30.3 Å². The number of aliphatic hydroxyl groups excluding tert-OH is 1. The predicted molar refractivity (Wildman–Crippen MR) is 242 cm³/mol. The Hall–Kier alpha value is -6.32. The summed E-state index contributed by atoms with van der Waals surface area (Å²) in [4.78, 5) is 69.8. The topological polar surface area (TPSA) is 201 Å². The number of nitrogens with zero attached hydrogens (tertiary/aromatic N) is 5. The van der Waals surface area contributed by atoms with Crippen LogP contribution in [-0.2, 0) is 23.8 Å². The monoisotopic (exact) mass is 954 g/mol. The fourth-order valence-electron chi connectivity index (χ4n) is 8.37. The zero-order chi connectivity index (χ0) is 49.3. The molecule has 4 amide bonds. The number of nitrogens with one attached hydrogen (secondary N) is 3. The SMILES string of the molecule is CC.COC(=O)NC(C(=O)N1CC(OC)CC1c1ncc(-c2ccc(-c3cc(F)c(NC(=O)c4ccc(N5CCN(C(=O)C(C)(C)CO)CC5)nc4)cc3OC(F)(F)F)cc2)[nH]1)C1CCOCC1. The van der Waals surface area contributed by atoms with Crippen molar-refractivity contribution in [2.24, 2.45) is 11.3 Å². The Morgan fingerprint density at radius 2 is 1.62 bits per heavy atom. The second-order valence-corrected chi connectivity index (χ2v) is 17.0. The number of imidazole rings is 1. The highest BCUT2D eigenvalue weighted by Crippen LogP contribution is 2.39. The highest BCUT2D eigenvalue weighted by Gasteiger charge is 2.43. The van der Waals surface area contributed by atoms with Gasteiger partial charge in [-0.05, 0) is 61.9 Å². The lowest BCUT2D eigenvalue weighted by molar-refractivity contribution is -0.274. The number of anilines is 2. The minimum absolute atomic E-state index is 0.0112. The number of amides is 4. The van der Waals surface area contributed by atoms with Crippen molar-refractivity contribution >= 4 is 35.3 Å². The maximum atomic E-state index is 15.7. The molecule has 368 valence electrons. The molecule has 3 aliphatic heterocycles. The van der Waals surface area contributed by atoms with Gasteiger partial charge in [0, 0.05) is 77.3 Å². The van der Waals surface area contributed by atoms with Crippen LogP contribution in [-0.4, -0.2) is 139 Å². The normalized spacial score (nSPS) is 18.3. The number of benzene rings is 2. The van der Waals surface area contributed by atoms with Crippen LogP contribution in [0.4, 0.5) is 33.9 Å². The van der Waals surface area contributed by atoms with Crippen LogP contribution in [0.25, 0.3) is 22.4 Å². The number of hydrogen-bond donors (Lipinski definition) is 4. The number of aliphatic hydroxyl groups is 1. The number of alkyl carbamates (subject to hydrolysis) is 1. The number of methoxy groups -OCH3 is 2. The Kier molecular flexibility index (Phi) is 16.7. The third-order valence-electron chi connectivity index (χ3n) is 12.2. The Labute approximate surface area is 391 Å². The van der Waals surface area contributed by atoms with Gasteiger partial charge in [-0.3, -0.25) is 14.4 Å². The van der Waals surface area contributed by atoms with Crippen molar-refractivity contribution in [1.82, 2.24) is 30.1 Å². The number of carbonyl (C=O) groups is 4. The van der Waals surface area contributed by atoms with Crippen molar-refractivity contribution in [3.63, 3.8) is 0 Å². The van der Waals surface area contributed by atoms with E-state index in [-0.39, 0.29) is 53.7 Å². The van der Waals surface area contributed by atoms with Crippen LogP contribution in [0.15, 0.2) is 60.9 Å². The molecule has 0 aliphatic carbocycles. The molecule has 3 saturated heterocycles. The minimum Gasteiger partial charge on any atom is -0.453 e. The van der Waals surface area contributed by atoms with Crippen LogP contribution in [0, 0.1) is 17.2 Å². The van der Waals surface area contributed by atoms with Crippen molar-refractivity contribution in [1.29, 1.82) is 0 Å². The summed E-state index contributed by atoms with van der Waals surface area (Å²) in [6.07, 6.45) is -1.85. The van der Waals surface area contributed by atoms with Gasteiger partial charge >= 0.3 is 12.5 Å². The molecule has 3 fully saturated rings. The number of piperazine rings is 1. The van der Waals surface area contributed by atoms with E-state index in [9.17, 15) is 37.5 Å². The number of likely N-dealkylation sites (tertiary alicyclic amines) is 1. The summed E-state index contributed by atoms with van der Waals surface area (Å²) < 4.78 is 77.2. The molecule has 4 aromatic rings. The average molecular weight is 955 g/mol. The molecule has 0 saturated carbocycles. The zero-order valence-electron chi connectivity index (χ0n) is 38.8. The molecule has 21 heteroatoms. The molecule has 5 heterocycles. The Morgan fingerprint density at radius 3 is 2.22 bits per heavy atom. The van der Waals surface area contributed by atoms with Crippen LogP contribution in [0.5, 0.6) is 5.75 Å². The molecule has 68 heavy (non-hydrogen) atoms. The first-order valence-electron chi connectivity index (χ1n) is 22.4. The highest BCUT2D eigenvalue weighted by molar-refractivity contribution is 6.04. The first-order chi connectivity index (χ1) is 32.5. The first kappa shape index (κ1) is 51.1. The summed E-state index contributed by atoms with van der Waals surface area (Å²) in [5.41, 5.74) is -0.422. The number of rotatable bonds is 13. The summed E-state index contributed by atoms with van der Waals surface area (Å²) >= 11 is 0. The van der Waals surface area contributed by atoms with Crippen molar-refractivity contribution in [2.45, 2.75) is 71.5 Å². The second-order valence-electron chi connectivity index (χ2n) is 17.0. The number of aromatic amines is 1. The number of hydrogen-bond acceptors (Lipinski definition) is 12. The Bertz CT molecular complexity index is 2370. The van der Waals surface area contributed by atoms with Gasteiger partial charge in [-0.1, -0.05) is 38.1 Å². The summed E-state index contributed by atoms with van der Waals surface area (Å²) in [7, 11) is 2.77. The van der Waals surface area contributed by atoms with Crippen LogP contribution < -0.4 is 20.3 Å². The lowest BCUT2D eigenvalue weighted by atomic mass is 9.90. The van der Waals surface area contributed by atoms with E-state index < -0.39 is 53.1 Å². The van der Waals surface area contributed by atoms with Gasteiger partial charge in [0.1, 0.15) is 29.3 Å². The van der Waals surface area contributed by atoms with Gasteiger partial charge in [0.05, 0.1) is 54.4 Å². The molecule has 0 bridgehead atoms. The zero-order valence-corrected chi connectivity index (χ0v) is 38.8. The lowest BCUT2D eigenvalue weighted by Crippen LogP contribution is -2.53. The van der Waals surface area contributed by atoms with E-state index in [1.807, 2.05) is 18.7 Å². The minimum atomic E-state index is -5.16. The number of carbonyl (C=O) groups excluding carboxylic acids is 4. The van der Waals surface area contributed by atoms with Crippen molar-refractivity contribution in [2.75, 3.05) is 77.0 Å². The lowest BCUT2D eigenvalue weighted by Gasteiger charge is -2.38. The van der Waals surface area contributed by atoms with Gasteiger partial charge in [-0.2, -0.15) is 0 Å². The first-order valence-corrected chi connectivity index (χ1v) is 22.4. The number of ether oxygens (including phenoxy) is 4. The molecule has 7 rings (SSSR count). The average Bonchev–Trinajstić information content (AvgIpc) is 4.03. The van der Waals surface area contributed by atoms with E-state index in [1.54, 1.807) is 55.2 Å². The number of H-pyrrole nitrogens is 1. The maximum Gasteiger partial charge on any atom is 0.573 e. The Balaban J connectivity index is 0.00000376. The molecule has 3 unspecified atom stereocenters. The second kappa shape index (κ2) is 22.2. The number of alkyl halides is 3. The largest absolute Gasteiger partial charge is 0.573 e. The molecule has 0 spiro atoms. The van der Waals surface area contributed by atoms with Gasteiger partial charge in [0.15, 0.2) is 0 Å². The Morgan fingerprint density at radius 1 is 0.941 bits per heavy atom. The van der Waals surface area contributed by atoms with Gasteiger partial charge in [0.25, 0.3) is 5.91 Å². The van der Waals surface area contributed by atoms with Crippen molar-refractivity contribution < 1.29 is 60.8 Å². The molecule has 17 nitrogen and oxygen atoms in total. The quantitative estimate of drug-likeness (QED) is 0.105. The van der Waals surface area contributed by atoms with E-state index in [0.29, 0.717) is 81.6 Å². The van der Waals surface area contributed by atoms with E-state index >= 15 is 4.39 Å². The summed E-state index contributed by atoms with van der Waals surface area (Å²) in [5, 5.41) is 14.6. The van der Waals surface area contributed by atoms with E-state index in [0.717, 1.165) is 12.1 Å². The summed E-state index contributed by atoms with van der Waals surface area (Å²) in [5.74, 6) is -2.31. The van der Waals surface area contributed by atoms with Crippen LogP contribution in [0.3, 0.4) is 0 Å². The number of aromatic nitrogens is 3. The molecule has 2 aromatic carbocycles. The van der Waals surface area contributed by atoms with Crippen molar-refractivity contribution in [3.8, 4) is 28.1 Å². The van der Waals surface area contributed by atoms with Crippen LogP contribution in [0.2, 0.25) is 0 Å². The predicted octanol–water partition coefficient (Wildman–Crippen LogP) is 6.56. The molecular weight excluding hydrogens is 897 g/mol. The highest BCUT2D eigenvalue weighted by atomic mass is 19.4. The molecule has 3 atom stereocenters. The fraction of sp³-hybridized carbons (Fsp3) is 0.489. The molecule has 3 aliphatic rings. The van der Waals surface area contributed by atoms with Crippen LogP contribution >= 0.6 is 0 Å². The third kappa shape index (κ3) is 12.0. The van der Waals surface area contributed by atoms with Gasteiger partial charge in [-0.25, -0.2) is 19.2 Å². The molecule has 4 N–H and O–H groups in total. The summed E-state index contributed by atoms with van der Waals surface area (Å²) in [6, 6.07) is 9.38. The van der Waals surface area contributed by atoms with E-state index in [1.165, 1.54) is 31.5 Å². The third-order valence-corrected chi connectivity index (χ3v) is 12.2. The summed E-state index contributed by atoms with van der Waals surface area (Å²) in [6.45, 7) is 9.91. The smallest absolute Gasteiger partial charge is 0.453 e. The number of halogens is 4. The molecular formula is C47H58F4N8O9. The van der Waals surface area contributed by atoms with Gasteiger partial charge in [-0.15, -0.1) is 13.2 Å². The van der Waals surface area contributed by atoms with Gasteiger partial charge in [0.2, 0.25) is 11.8 Å². The van der Waals surface area contributed by atoms with Crippen LogP contribution in [0.1, 0.15) is 69.2 Å². The standard InChI is InChI=1S/C45H52F4N8O9.C2H6/c1-44(2,25-58)42(61)56-15-13-55(14-16-56)37-10-9-29(22-50-37)40(59)53-33-21-36(66-45(47,48)49)31(20-32(33)46)26-5-7-27(8-6-26)34-23-51-39(52-34)35-19-30(63-3)24-57(35)41(60)38(54-43(62)64-4)28-11-17-65-18-12-28;1-2/h5-10,20-23,28,30,35,38,58H,11-19,24-25H2,1-4H3,(H,51,52)(H,53,59)(H,54,62);1-2H3.